The van der Waals surface area contributed by atoms with Crippen LogP contribution in [-0.2, 0) is 12.7 Å². The van der Waals surface area contributed by atoms with Crippen molar-refractivity contribution in [2.75, 3.05) is 49.1 Å². The van der Waals surface area contributed by atoms with Crippen LogP contribution in [-0.4, -0.2) is 77.4 Å². The van der Waals surface area contributed by atoms with Crippen LogP contribution in [0.3, 0.4) is 0 Å². The summed E-state index contributed by atoms with van der Waals surface area (Å²) in [5, 5.41) is 21.3. The number of alkyl halides is 3. The number of furan rings is 2. The third-order valence-corrected chi connectivity index (χ3v) is 11.3. The molecule has 2 N–H and O–H groups in total. The third-order valence-electron chi connectivity index (χ3n) is 10.6. The maximum Gasteiger partial charge on any atom is 0.417 e. The van der Waals surface area contributed by atoms with Gasteiger partial charge in [-0.3, -0.25) is 4.90 Å². The highest BCUT2D eigenvalue weighted by Gasteiger charge is 2.31. The average Bonchev–Trinajstić information content (AvgIpc) is 3.85. The van der Waals surface area contributed by atoms with Crippen LogP contribution in [0.2, 0.25) is 10.0 Å². The molecule has 58 heavy (non-hydrogen) atoms. The summed E-state index contributed by atoms with van der Waals surface area (Å²) in [5.41, 5.74) is 5.37. The normalized spacial score (nSPS) is 15.4. The maximum atomic E-state index is 12.6. The van der Waals surface area contributed by atoms with Gasteiger partial charge in [0, 0.05) is 109 Å². The Morgan fingerprint density at radius 2 is 1.29 bits per heavy atom. The summed E-state index contributed by atoms with van der Waals surface area (Å²) < 4.78 is 54.4. The number of ether oxygens (including phenoxy) is 1. The van der Waals surface area contributed by atoms with E-state index < -0.39 is 23.7 Å². The zero-order valence-corrected chi connectivity index (χ0v) is 33.0. The molecule has 2 saturated heterocycles. The number of aromatic carboxylic acids is 2. The lowest BCUT2D eigenvalue weighted by atomic mass is 10.0. The van der Waals surface area contributed by atoms with Crippen LogP contribution in [0.15, 0.2) is 81.8 Å². The van der Waals surface area contributed by atoms with Gasteiger partial charge < -0.3 is 33.6 Å². The average molecular weight is 840 g/mol. The Balaban J connectivity index is 0.000000177. The van der Waals surface area contributed by atoms with Crippen LogP contribution >= 0.6 is 23.2 Å². The minimum absolute atomic E-state index is 0.0308. The number of carboxylic acid groups (broad SMARTS) is 2. The van der Waals surface area contributed by atoms with Crippen molar-refractivity contribution >= 4 is 68.5 Å². The van der Waals surface area contributed by atoms with Gasteiger partial charge in [0.05, 0.1) is 5.56 Å². The van der Waals surface area contributed by atoms with Crippen LogP contribution in [0.4, 0.5) is 24.5 Å². The lowest BCUT2D eigenvalue weighted by Gasteiger charge is -2.37. The Morgan fingerprint density at radius 1 is 0.776 bits per heavy atom. The number of benzene rings is 3. The first-order valence-corrected chi connectivity index (χ1v) is 19.3. The number of carboxylic acids is 2. The highest BCUT2D eigenvalue weighted by atomic mass is 35.5. The number of fused-ring (bicyclic) bond motifs is 2. The van der Waals surface area contributed by atoms with Gasteiger partial charge in [0.25, 0.3) is 0 Å². The highest BCUT2D eigenvalue weighted by Crippen LogP contribution is 2.35. The standard InChI is InChI=1S/C21H20Cl2N2O3.C21H19F3N2O4/c1-13-14-11-20(21(26)27)28-19(14)6-5-18(13)25-9-7-24(8-10-25)12-15-16(22)3-2-4-17(15)23;1-12-15-10-18(20(27)28)30-17(15)4-3-16(12)26-8-6-14(7-9-26)29-19-5-2-13(11-25-19)21(22,23)24/h2-6,11H,7-10,12H2,1H3,(H,26,27);2-5,10-11,14H,6-9H2,1H3,(H,27,28). The second kappa shape index (κ2) is 16.8. The second-order valence-corrected chi connectivity index (χ2v) is 15.0. The SMILES string of the molecule is Cc1c(N2CCC(Oc3ccc(C(F)(F)F)cn3)CC2)ccc2oc(C(=O)O)cc12.Cc1c(N2CCN(Cc3c(Cl)cccc3Cl)CC2)ccc2oc(C(=O)O)cc12. The van der Waals surface area contributed by atoms with E-state index in [1.165, 1.54) is 12.1 Å². The fourth-order valence-corrected chi connectivity index (χ4v) is 7.95. The predicted octanol–water partition coefficient (Wildman–Crippen LogP) is 9.97. The monoisotopic (exact) mass is 838 g/mol. The van der Waals surface area contributed by atoms with Crippen molar-refractivity contribution in [2.24, 2.45) is 0 Å². The van der Waals surface area contributed by atoms with E-state index >= 15 is 0 Å². The van der Waals surface area contributed by atoms with Crippen LogP contribution in [0.1, 0.15) is 56.2 Å². The van der Waals surface area contributed by atoms with E-state index in [-0.39, 0.29) is 23.5 Å². The summed E-state index contributed by atoms with van der Waals surface area (Å²) in [6.07, 6.45) is -2.41. The molecule has 3 aromatic heterocycles. The molecule has 16 heteroatoms. The van der Waals surface area contributed by atoms with Crippen molar-refractivity contribution in [1.29, 1.82) is 0 Å². The number of pyridine rings is 1. The Hall–Kier alpha value is -5.44. The number of anilines is 2. The van der Waals surface area contributed by atoms with Gasteiger partial charge in [-0.25, -0.2) is 14.6 Å². The molecular formula is C42H39Cl2F3N4O7. The molecule has 0 unspecified atom stereocenters. The van der Waals surface area contributed by atoms with E-state index in [4.69, 9.17) is 47.0 Å². The first-order valence-electron chi connectivity index (χ1n) is 18.5. The molecule has 5 heterocycles. The number of piperidine rings is 1. The number of piperazine rings is 1. The molecule has 6 aromatic rings. The fraction of sp³-hybridized carbons (Fsp3) is 0.310. The van der Waals surface area contributed by atoms with Gasteiger partial charge in [-0.2, -0.15) is 13.2 Å². The lowest BCUT2D eigenvalue weighted by molar-refractivity contribution is -0.137. The highest BCUT2D eigenvalue weighted by molar-refractivity contribution is 6.36. The lowest BCUT2D eigenvalue weighted by Crippen LogP contribution is -2.46. The summed E-state index contributed by atoms with van der Waals surface area (Å²) in [5.74, 6) is -2.11. The molecule has 2 fully saturated rings. The predicted molar refractivity (Wildman–Crippen MR) is 215 cm³/mol. The van der Waals surface area contributed by atoms with Crippen molar-refractivity contribution in [3.8, 4) is 5.88 Å². The van der Waals surface area contributed by atoms with E-state index in [1.807, 2.05) is 50.2 Å². The molecule has 304 valence electrons. The Morgan fingerprint density at radius 3 is 1.76 bits per heavy atom. The largest absolute Gasteiger partial charge is 0.475 e. The smallest absolute Gasteiger partial charge is 0.417 e. The fourth-order valence-electron chi connectivity index (χ4n) is 7.43. The minimum Gasteiger partial charge on any atom is -0.475 e. The van der Waals surface area contributed by atoms with E-state index in [2.05, 4.69) is 19.7 Å². The van der Waals surface area contributed by atoms with Gasteiger partial charge in [0.15, 0.2) is 0 Å². The van der Waals surface area contributed by atoms with Crippen LogP contribution in [0, 0.1) is 13.8 Å². The molecule has 0 radical (unpaired) electrons. The molecule has 2 aliphatic heterocycles. The van der Waals surface area contributed by atoms with Crippen molar-refractivity contribution in [3.05, 3.63) is 117 Å². The van der Waals surface area contributed by atoms with Gasteiger partial charge in [0.2, 0.25) is 17.4 Å². The van der Waals surface area contributed by atoms with Gasteiger partial charge >= 0.3 is 18.1 Å². The molecule has 0 spiro atoms. The number of rotatable bonds is 8. The van der Waals surface area contributed by atoms with Gasteiger partial charge in [-0.1, -0.05) is 29.3 Å². The van der Waals surface area contributed by atoms with Gasteiger partial charge in [0.1, 0.15) is 17.3 Å². The van der Waals surface area contributed by atoms with Crippen LogP contribution < -0.4 is 14.5 Å². The van der Waals surface area contributed by atoms with E-state index in [0.717, 1.165) is 83.8 Å². The molecule has 8 rings (SSSR count). The summed E-state index contributed by atoms with van der Waals surface area (Å²) in [6.45, 7) is 9.59. The first kappa shape index (κ1) is 40.7. The summed E-state index contributed by atoms with van der Waals surface area (Å²) >= 11 is 12.6. The quantitative estimate of drug-likeness (QED) is 0.152. The molecule has 0 aliphatic carbocycles. The Kier molecular flexibility index (Phi) is 11.8. The first-order chi connectivity index (χ1) is 27.7. The van der Waals surface area contributed by atoms with Crippen LogP contribution in [0.5, 0.6) is 5.88 Å². The molecule has 0 bridgehead atoms. The Bertz CT molecular complexity index is 2430. The number of aryl methyl sites for hydroxylation is 2. The topological polar surface area (TPSA) is 133 Å². The number of hydrogen-bond acceptors (Lipinski definition) is 9. The maximum absolute atomic E-state index is 12.6. The van der Waals surface area contributed by atoms with Crippen LogP contribution in [0.25, 0.3) is 21.9 Å². The molecule has 3 aromatic carbocycles. The number of nitrogens with zero attached hydrogens (tertiary/aromatic N) is 4. The van der Waals surface area contributed by atoms with E-state index in [0.29, 0.717) is 47.1 Å². The number of hydrogen-bond donors (Lipinski definition) is 2. The summed E-state index contributed by atoms with van der Waals surface area (Å²) in [7, 11) is 0. The van der Waals surface area contributed by atoms with Crippen molar-refractivity contribution in [3.63, 3.8) is 0 Å². The molecule has 0 saturated carbocycles. The summed E-state index contributed by atoms with van der Waals surface area (Å²) in [4.78, 5) is 32.9. The second-order valence-electron chi connectivity index (χ2n) is 14.2. The minimum atomic E-state index is -4.42. The van der Waals surface area contributed by atoms with E-state index in [1.54, 1.807) is 12.1 Å². The molecule has 2 aliphatic rings. The van der Waals surface area contributed by atoms with Crippen molar-refractivity contribution < 1.29 is 46.5 Å². The molecule has 11 nitrogen and oxygen atoms in total. The van der Waals surface area contributed by atoms with Crippen molar-refractivity contribution in [2.45, 2.75) is 45.5 Å². The van der Waals surface area contributed by atoms with Gasteiger partial charge in [-0.05, 0) is 79.6 Å². The zero-order valence-electron chi connectivity index (χ0n) is 31.5. The number of halogens is 5. The molecule has 0 atom stereocenters. The third kappa shape index (κ3) is 8.83. The zero-order chi connectivity index (χ0) is 41.3. The molecular weight excluding hydrogens is 800 g/mol. The number of carbonyl (C=O) groups is 2. The number of aromatic nitrogens is 1. The summed E-state index contributed by atoms with van der Waals surface area (Å²) in [6, 6.07) is 18.5. The van der Waals surface area contributed by atoms with Gasteiger partial charge in [-0.15, -0.1) is 0 Å². The Labute approximate surface area is 341 Å². The molecule has 0 amide bonds. The van der Waals surface area contributed by atoms with Crippen molar-refractivity contribution in [1.82, 2.24) is 9.88 Å². The van der Waals surface area contributed by atoms with E-state index in [9.17, 15) is 22.8 Å².